The van der Waals surface area contributed by atoms with Crippen molar-refractivity contribution < 1.29 is 19.0 Å². The Labute approximate surface area is 141 Å². The van der Waals surface area contributed by atoms with Crippen LogP contribution in [0.2, 0.25) is 0 Å². The Kier molecular flexibility index (Phi) is 4.87. The van der Waals surface area contributed by atoms with Crippen LogP contribution in [-0.4, -0.2) is 26.0 Å². The lowest BCUT2D eigenvalue weighted by molar-refractivity contribution is 0.173. The van der Waals surface area contributed by atoms with Crippen LogP contribution in [0.4, 0.5) is 10.5 Å². The molecule has 2 N–H and O–H groups in total. The van der Waals surface area contributed by atoms with Crippen molar-refractivity contribution in [1.29, 1.82) is 0 Å². The molecule has 2 aromatic carbocycles. The van der Waals surface area contributed by atoms with Gasteiger partial charge in [-0.1, -0.05) is 12.1 Å². The topological polar surface area (TPSA) is 68.8 Å². The van der Waals surface area contributed by atoms with Crippen LogP contribution in [0.1, 0.15) is 0 Å². The van der Waals surface area contributed by atoms with Gasteiger partial charge >= 0.3 is 6.03 Å². The van der Waals surface area contributed by atoms with Gasteiger partial charge in [0, 0.05) is 10.5 Å². The number of urea groups is 1. The van der Waals surface area contributed by atoms with Gasteiger partial charge in [0.05, 0.1) is 12.2 Å². The lowest BCUT2D eigenvalue weighted by Crippen LogP contribution is -2.32. The summed E-state index contributed by atoms with van der Waals surface area (Å²) >= 11 is 3.37. The summed E-state index contributed by atoms with van der Waals surface area (Å²) < 4.78 is 16.9. The van der Waals surface area contributed by atoms with Crippen LogP contribution in [0.25, 0.3) is 0 Å². The van der Waals surface area contributed by atoms with Crippen molar-refractivity contribution in [2.45, 2.75) is 0 Å². The summed E-state index contributed by atoms with van der Waals surface area (Å²) in [4.78, 5) is 11.8. The van der Waals surface area contributed by atoms with E-state index in [0.29, 0.717) is 36.1 Å². The number of nitrogens with one attached hydrogen (secondary N) is 2. The number of rotatable bonds is 5. The zero-order valence-corrected chi connectivity index (χ0v) is 13.8. The predicted octanol–water partition coefficient (Wildman–Crippen LogP) is 3.38. The molecule has 6 nitrogen and oxygen atoms in total. The molecule has 2 aromatic rings. The Morgan fingerprint density at radius 3 is 2.87 bits per heavy atom. The van der Waals surface area contributed by atoms with Crippen molar-refractivity contribution in [3.8, 4) is 17.2 Å². The molecule has 1 aliphatic heterocycles. The molecule has 3 rings (SSSR count). The van der Waals surface area contributed by atoms with E-state index >= 15 is 0 Å². The van der Waals surface area contributed by atoms with Crippen LogP contribution < -0.4 is 24.8 Å². The monoisotopic (exact) mass is 378 g/mol. The molecule has 0 aromatic heterocycles. The number of fused-ring (bicyclic) bond motifs is 1. The number of para-hydroxylation sites is 1. The highest BCUT2D eigenvalue weighted by atomic mass is 79.9. The summed E-state index contributed by atoms with van der Waals surface area (Å²) in [5.41, 5.74) is 0.710. The van der Waals surface area contributed by atoms with Crippen molar-refractivity contribution in [1.82, 2.24) is 5.32 Å². The average Bonchev–Trinajstić information content (AvgIpc) is 3.01. The highest BCUT2D eigenvalue weighted by molar-refractivity contribution is 9.10. The third kappa shape index (κ3) is 4.07. The molecule has 2 amide bonds. The minimum absolute atomic E-state index is 0.232. The molecule has 0 aliphatic carbocycles. The van der Waals surface area contributed by atoms with Gasteiger partial charge < -0.3 is 24.8 Å². The van der Waals surface area contributed by atoms with Crippen LogP contribution in [0.5, 0.6) is 17.2 Å². The van der Waals surface area contributed by atoms with Gasteiger partial charge in [0.25, 0.3) is 0 Å². The first-order valence-electron chi connectivity index (χ1n) is 7.04. The lowest BCUT2D eigenvalue weighted by Gasteiger charge is -2.10. The van der Waals surface area contributed by atoms with Crippen molar-refractivity contribution in [2.24, 2.45) is 0 Å². The van der Waals surface area contributed by atoms with Gasteiger partial charge in [-0.2, -0.15) is 0 Å². The van der Waals surface area contributed by atoms with Crippen molar-refractivity contribution in [3.05, 3.63) is 46.9 Å². The largest absolute Gasteiger partial charge is 0.492 e. The molecule has 0 saturated heterocycles. The summed E-state index contributed by atoms with van der Waals surface area (Å²) in [5.74, 6) is 2.05. The van der Waals surface area contributed by atoms with Gasteiger partial charge in [-0.15, -0.1) is 0 Å². The standard InChI is InChI=1S/C16H15BrN2O4/c17-12-3-1-2-4-13(12)19-16(20)18-7-8-21-11-5-6-14-15(9-11)23-10-22-14/h1-6,9H,7-8,10H2,(H2,18,19,20). The van der Waals surface area contributed by atoms with Gasteiger partial charge in [-0.05, 0) is 40.2 Å². The summed E-state index contributed by atoms with van der Waals surface area (Å²) in [5, 5.41) is 5.48. The molecule has 0 unspecified atom stereocenters. The molecule has 0 fully saturated rings. The summed E-state index contributed by atoms with van der Waals surface area (Å²) in [6.07, 6.45) is 0. The minimum Gasteiger partial charge on any atom is -0.492 e. The smallest absolute Gasteiger partial charge is 0.319 e. The van der Waals surface area contributed by atoms with Crippen LogP contribution in [0, 0.1) is 0 Å². The number of anilines is 1. The van der Waals surface area contributed by atoms with E-state index in [2.05, 4.69) is 26.6 Å². The maximum Gasteiger partial charge on any atom is 0.319 e. The summed E-state index contributed by atoms with van der Waals surface area (Å²) in [6.45, 7) is 0.962. The van der Waals surface area contributed by atoms with Crippen LogP contribution in [0.3, 0.4) is 0 Å². The van der Waals surface area contributed by atoms with Crippen LogP contribution >= 0.6 is 15.9 Å². The molecule has 1 heterocycles. The molecule has 0 bridgehead atoms. The number of benzene rings is 2. The highest BCUT2D eigenvalue weighted by Crippen LogP contribution is 2.34. The molecule has 0 atom stereocenters. The number of amides is 2. The van der Waals surface area contributed by atoms with E-state index in [9.17, 15) is 4.79 Å². The fourth-order valence-corrected chi connectivity index (χ4v) is 2.41. The fourth-order valence-electron chi connectivity index (χ4n) is 2.03. The highest BCUT2D eigenvalue weighted by Gasteiger charge is 2.13. The minimum atomic E-state index is -0.286. The number of hydrogen-bond donors (Lipinski definition) is 2. The lowest BCUT2D eigenvalue weighted by atomic mass is 10.3. The number of carbonyl (C=O) groups excluding carboxylic acids is 1. The molecule has 0 radical (unpaired) electrons. The van der Waals surface area contributed by atoms with Gasteiger partial charge in [-0.25, -0.2) is 4.79 Å². The zero-order chi connectivity index (χ0) is 16.1. The summed E-state index contributed by atoms with van der Waals surface area (Å²) in [7, 11) is 0. The quantitative estimate of drug-likeness (QED) is 0.782. The Bertz CT molecular complexity index is 708. The van der Waals surface area contributed by atoms with E-state index in [0.717, 1.165) is 4.47 Å². The van der Waals surface area contributed by atoms with E-state index in [1.165, 1.54) is 0 Å². The second-order valence-electron chi connectivity index (χ2n) is 4.72. The van der Waals surface area contributed by atoms with Gasteiger partial charge in [0.1, 0.15) is 12.4 Å². The Hall–Kier alpha value is -2.41. The summed E-state index contributed by atoms with van der Waals surface area (Å²) in [6, 6.07) is 12.5. The third-order valence-electron chi connectivity index (χ3n) is 3.12. The first kappa shape index (κ1) is 15.5. The van der Waals surface area contributed by atoms with E-state index in [-0.39, 0.29) is 12.8 Å². The molecule has 0 saturated carbocycles. The first-order chi connectivity index (χ1) is 11.2. The van der Waals surface area contributed by atoms with E-state index in [4.69, 9.17) is 14.2 Å². The second-order valence-corrected chi connectivity index (χ2v) is 5.58. The molecule has 1 aliphatic rings. The third-order valence-corrected chi connectivity index (χ3v) is 3.81. The Morgan fingerprint density at radius 2 is 2.00 bits per heavy atom. The van der Waals surface area contributed by atoms with Crippen molar-refractivity contribution >= 4 is 27.6 Å². The van der Waals surface area contributed by atoms with E-state index < -0.39 is 0 Å². The molecule has 7 heteroatoms. The van der Waals surface area contributed by atoms with Crippen molar-refractivity contribution in [3.63, 3.8) is 0 Å². The zero-order valence-electron chi connectivity index (χ0n) is 12.2. The molecule has 0 spiro atoms. The number of hydrogen-bond acceptors (Lipinski definition) is 4. The first-order valence-corrected chi connectivity index (χ1v) is 7.83. The SMILES string of the molecule is O=C(NCCOc1ccc2c(c1)OCO2)Nc1ccccc1Br. The van der Waals surface area contributed by atoms with Crippen LogP contribution in [0.15, 0.2) is 46.9 Å². The number of ether oxygens (including phenoxy) is 3. The maximum atomic E-state index is 11.8. The van der Waals surface area contributed by atoms with Gasteiger partial charge in [-0.3, -0.25) is 0 Å². The van der Waals surface area contributed by atoms with Gasteiger partial charge in [0.2, 0.25) is 6.79 Å². The van der Waals surface area contributed by atoms with E-state index in [1.54, 1.807) is 18.2 Å². The van der Waals surface area contributed by atoms with E-state index in [1.807, 2.05) is 24.3 Å². The second kappa shape index (κ2) is 7.23. The molecule has 23 heavy (non-hydrogen) atoms. The fraction of sp³-hybridized carbons (Fsp3) is 0.188. The number of halogens is 1. The predicted molar refractivity (Wildman–Crippen MR) is 89.2 cm³/mol. The molecular formula is C16H15BrN2O4. The molecular weight excluding hydrogens is 364 g/mol. The maximum absolute atomic E-state index is 11.8. The number of carbonyl (C=O) groups is 1. The van der Waals surface area contributed by atoms with Crippen molar-refractivity contribution in [2.75, 3.05) is 25.3 Å². The average molecular weight is 379 g/mol. The normalized spacial score (nSPS) is 11.9. The van der Waals surface area contributed by atoms with Gasteiger partial charge in [0.15, 0.2) is 11.5 Å². The Morgan fingerprint density at radius 1 is 1.17 bits per heavy atom. The Balaban J connectivity index is 1.41. The molecule has 120 valence electrons. The van der Waals surface area contributed by atoms with Crippen LogP contribution in [-0.2, 0) is 0 Å².